The van der Waals surface area contributed by atoms with Crippen LogP contribution in [0.4, 0.5) is 13.2 Å². The number of hydrogen-bond acceptors (Lipinski definition) is 3. The van der Waals surface area contributed by atoms with E-state index in [9.17, 15) is 13.2 Å². The van der Waals surface area contributed by atoms with E-state index >= 15 is 0 Å². The van der Waals surface area contributed by atoms with Crippen LogP contribution in [0.3, 0.4) is 0 Å². The Morgan fingerprint density at radius 1 is 0.812 bits per heavy atom. The van der Waals surface area contributed by atoms with Gasteiger partial charge < -0.3 is 16.0 Å². The Morgan fingerprint density at radius 2 is 1.38 bits per heavy atom. The molecule has 0 spiro atoms. The summed E-state index contributed by atoms with van der Waals surface area (Å²) in [5.41, 5.74) is 0. The molecule has 3 nitrogen and oxygen atoms in total. The Bertz CT molecular complexity index is 173. The number of alkyl halides is 3. The summed E-state index contributed by atoms with van der Waals surface area (Å²) in [5, 5.41) is 8.79. The Hall–Kier alpha value is -0.330. The Kier molecular flexibility index (Phi) is 6.08. The summed E-state index contributed by atoms with van der Waals surface area (Å²) in [7, 11) is 0. The van der Waals surface area contributed by atoms with E-state index in [1.54, 1.807) is 0 Å². The molecule has 1 saturated heterocycles. The molecule has 0 amide bonds. The second-order valence-electron chi connectivity index (χ2n) is 4.04. The minimum atomic E-state index is -4.14. The number of halogens is 3. The summed E-state index contributed by atoms with van der Waals surface area (Å²) < 4.78 is 37.7. The van der Waals surface area contributed by atoms with Gasteiger partial charge in [-0.05, 0) is 52.0 Å². The van der Waals surface area contributed by atoms with E-state index in [-0.39, 0.29) is 6.42 Å². The highest BCUT2D eigenvalue weighted by Crippen LogP contribution is 2.22. The van der Waals surface area contributed by atoms with Crippen LogP contribution in [0, 0.1) is 0 Å². The predicted molar refractivity (Wildman–Crippen MR) is 57.4 cm³/mol. The van der Waals surface area contributed by atoms with Crippen molar-refractivity contribution in [3.63, 3.8) is 0 Å². The fourth-order valence-corrected chi connectivity index (χ4v) is 1.71. The van der Waals surface area contributed by atoms with Crippen molar-refractivity contribution in [1.29, 1.82) is 0 Å². The van der Waals surface area contributed by atoms with Crippen molar-refractivity contribution in [2.45, 2.75) is 31.5 Å². The molecule has 0 bridgehead atoms. The monoisotopic (exact) mass is 239 g/mol. The van der Waals surface area contributed by atoms with Gasteiger partial charge in [0.1, 0.15) is 6.04 Å². The van der Waals surface area contributed by atoms with Gasteiger partial charge in [-0.2, -0.15) is 13.2 Å². The average molecular weight is 239 g/mol. The maximum Gasteiger partial charge on any atom is 0.403 e. The van der Waals surface area contributed by atoms with Gasteiger partial charge in [0, 0.05) is 0 Å². The number of nitrogens with one attached hydrogen (secondary N) is 3. The molecule has 1 aliphatic rings. The SMILES string of the molecule is FC(F)(F)C1CCNCCCNCCCN1. The molecular formula is C10H20F3N3. The third-order valence-electron chi connectivity index (χ3n) is 2.63. The van der Waals surface area contributed by atoms with E-state index in [2.05, 4.69) is 16.0 Å². The molecule has 1 unspecified atom stereocenters. The lowest BCUT2D eigenvalue weighted by Gasteiger charge is -2.22. The van der Waals surface area contributed by atoms with Crippen molar-refractivity contribution in [3.8, 4) is 0 Å². The summed E-state index contributed by atoms with van der Waals surface area (Å²) >= 11 is 0. The van der Waals surface area contributed by atoms with Crippen LogP contribution in [0.15, 0.2) is 0 Å². The second kappa shape index (κ2) is 7.09. The van der Waals surface area contributed by atoms with Gasteiger partial charge in [0.2, 0.25) is 0 Å². The molecule has 0 saturated carbocycles. The van der Waals surface area contributed by atoms with Crippen LogP contribution >= 0.6 is 0 Å². The van der Waals surface area contributed by atoms with Crippen LogP contribution in [0.25, 0.3) is 0 Å². The van der Waals surface area contributed by atoms with Crippen molar-refractivity contribution in [1.82, 2.24) is 16.0 Å². The van der Waals surface area contributed by atoms with E-state index in [0.717, 1.165) is 32.5 Å². The molecular weight excluding hydrogens is 219 g/mol. The van der Waals surface area contributed by atoms with Crippen molar-refractivity contribution in [2.24, 2.45) is 0 Å². The molecule has 3 N–H and O–H groups in total. The van der Waals surface area contributed by atoms with Gasteiger partial charge in [0.25, 0.3) is 0 Å². The highest BCUT2D eigenvalue weighted by Gasteiger charge is 2.38. The van der Waals surface area contributed by atoms with Crippen LogP contribution in [-0.4, -0.2) is 44.9 Å². The molecule has 0 radical (unpaired) electrons. The Balaban J connectivity index is 2.36. The summed E-state index contributed by atoms with van der Waals surface area (Å²) in [6.07, 6.45) is -2.33. The predicted octanol–water partition coefficient (Wildman–Crippen LogP) is 0.870. The van der Waals surface area contributed by atoms with E-state index in [1.807, 2.05) is 0 Å². The maximum absolute atomic E-state index is 12.6. The largest absolute Gasteiger partial charge is 0.403 e. The highest BCUT2D eigenvalue weighted by atomic mass is 19.4. The maximum atomic E-state index is 12.6. The topological polar surface area (TPSA) is 36.1 Å². The minimum absolute atomic E-state index is 0.108. The summed E-state index contributed by atoms with van der Waals surface area (Å²) in [4.78, 5) is 0. The molecule has 1 fully saturated rings. The van der Waals surface area contributed by atoms with Crippen molar-refractivity contribution >= 4 is 0 Å². The lowest BCUT2D eigenvalue weighted by atomic mass is 10.2. The van der Waals surface area contributed by atoms with E-state index in [0.29, 0.717) is 13.1 Å². The smallest absolute Gasteiger partial charge is 0.317 e. The molecule has 1 heterocycles. The zero-order valence-electron chi connectivity index (χ0n) is 9.37. The molecule has 6 heteroatoms. The molecule has 16 heavy (non-hydrogen) atoms. The third kappa shape index (κ3) is 5.67. The first-order valence-electron chi connectivity index (χ1n) is 5.82. The van der Waals surface area contributed by atoms with E-state index < -0.39 is 12.2 Å². The van der Waals surface area contributed by atoms with Crippen molar-refractivity contribution < 1.29 is 13.2 Å². The highest BCUT2D eigenvalue weighted by molar-refractivity contribution is 4.76. The summed E-state index contributed by atoms with van der Waals surface area (Å²) in [6, 6.07) is -1.38. The lowest BCUT2D eigenvalue weighted by Crippen LogP contribution is -2.45. The van der Waals surface area contributed by atoms with E-state index in [1.165, 1.54) is 0 Å². The summed E-state index contributed by atoms with van der Waals surface area (Å²) in [6.45, 7) is 3.30. The molecule has 1 aliphatic heterocycles. The fraction of sp³-hybridized carbons (Fsp3) is 1.00. The molecule has 1 atom stereocenters. The van der Waals surface area contributed by atoms with Crippen molar-refractivity contribution in [2.75, 3.05) is 32.7 Å². The standard InChI is InChI=1S/C10H20F3N3/c11-10(12,13)9-3-8-15-5-1-4-14-6-2-7-16-9/h9,14-16H,1-8H2. The molecule has 0 aromatic carbocycles. The van der Waals surface area contributed by atoms with Crippen LogP contribution in [0.2, 0.25) is 0 Å². The molecule has 1 rings (SSSR count). The van der Waals surface area contributed by atoms with Gasteiger partial charge in [-0.3, -0.25) is 0 Å². The van der Waals surface area contributed by atoms with Crippen LogP contribution in [-0.2, 0) is 0 Å². The molecule has 96 valence electrons. The normalized spacial score (nSPS) is 26.8. The van der Waals surface area contributed by atoms with Gasteiger partial charge in [0.15, 0.2) is 0 Å². The average Bonchev–Trinajstić information content (AvgIpc) is 2.16. The molecule has 0 aromatic rings. The van der Waals surface area contributed by atoms with Gasteiger partial charge in [-0.25, -0.2) is 0 Å². The van der Waals surface area contributed by atoms with Crippen molar-refractivity contribution in [3.05, 3.63) is 0 Å². The van der Waals surface area contributed by atoms with Gasteiger partial charge in [0.05, 0.1) is 0 Å². The third-order valence-corrected chi connectivity index (χ3v) is 2.63. The zero-order valence-corrected chi connectivity index (χ0v) is 9.37. The number of rotatable bonds is 0. The van der Waals surface area contributed by atoms with Crippen LogP contribution in [0.5, 0.6) is 0 Å². The molecule has 0 aromatic heterocycles. The van der Waals surface area contributed by atoms with Crippen LogP contribution in [0.1, 0.15) is 19.3 Å². The Labute approximate surface area is 94.2 Å². The minimum Gasteiger partial charge on any atom is -0.317 e. The second-order valence-corrected chi connectivity index (χ2v) is 4.04. The number of hydrogen-bond donors (Lipinski definition) is 3. The van der Waals surface area contributed by atoms with Gasteiger partial charge in [-0.15, -0.1) is 0 Å². The van der Waals surface area contributed by atoms with E-state index in [4.69, 9.17) is 0 Å². The quantitative estimate of drug-likeness (QED) is 0.587. The summed E-state index contributed by atoms with van der Waals surface area (Å²) in [5.74, 6) is 0. The zero-order chi connectivity index (χ0) is 11.9. The first-order valence-corrected chi connectivity index (χ1v) is 5.82. The fourth-order valence-electron chi connectivity index (χ4n) is 1.71. The lowest BCUT2D eigenvalue weighted by molar-refractivity contribution is -0.157. The first-order chi connectivity index (χ1) is 7.61. The first kappa shape index (κ1) is 13.7. The van der Waals surface area contributed by atoms with Gasteiger partial charge >= 0.3 is 6.18 Å². The van der Waals surface area contributed by atoms with Crippen LogP contribution < -0.4 is 16.0 Å². The van der Waals surface area contributed by atoms with Gasteiger partial charge in [-0.1, -0.05) is 0 Å². The Morgan fingerprint density at radius 3 is 2.00 bits per heavy atom. The molecule has 0 aliphatic carbocycles.